The molecule has 2 fully saturated rings. The van der Waals surface area contributed by atoms with Crippen molar-refractivity contribution in [1.82, 2.24) is 14.7 Å². The van der Waals surface area contributed by atoms with Gasteiger partial charge in [-0.3, -0.25) is 4.90 Å². The average molecular weight is 532 g/mol. The van der Waals surface area contributed by atoms with Gasteiger partial charge in [-0.25, -0.2) is 8.78 Å². The van der Waals surface area contributed by atoms with Crippen molar-refractivity contribution in [2.24, 2.45) is 5.92 Å². The second-order valence-electron chi connectivity index (χ2n) is 11.9. The maximum absolute atomic E-state index is 13.7. The van der Waals surface area contributed by atoms with Crippen LogP contribution in [0.5, 0.6) is 5.75 Å². The van der Waals surface area contributed by atoms with Crippen LogP contribution < -0.4 is 0 Å². The molecule has 0 aromatic heterocycles. The van der Waals surface area contributed by atoms with Crippen molar-refractivity contribution >= 4 is 0 Å². The van der Waals surface area contributed by atoms with E-state index in [9.17, 15) is 13.9 Å². The fourth-order valence-corrected chi connectivity index (χ4v) is 7.66. The first kappa shape index (κ1) is 26.4. The number of aromatic hydroxyl groups is 1. The smallest absolute Gasteiger partial charge is 0.123 e. The van der Waals surface area contributed by atoms with Gasteiger partial charge in [-0.2, -0.15) is 0 Å². The van der Waals surface area contributed by atoms with Crippen LogP contribution in [-0.4, -0.2) is 72.2 Å². The number of likely N-dealkylation sites (tertiary alicyclic amines) is 1. The van der Waals surface area contributed by atoms with Crippen LogP contribution in [0.1, 0.15) is 48.1 Å². The summed E-state index contributed by atoms with van der Waals surface area (Å²) in [6.07, 6.45) is 3.27. The normalized spacial score (nSPS) is 26.1. The van der Waals surface area contributed by atoms with Crippen LogP contribution in [0.25, 0.3) is 0 Å². The fourth-order valence-electron chi connectivity index (χ4n) is 7.66. The lowest BCUT2D eigenvalue weighted by Crippen LogP contribution is -2.59. The monoisotopic (exact) mass is 531 g/mol. The van der Waals surface area contributed by atoms with Crippen LogP contribution in [-0.2, 0) is 11.8 Å². The molecule has 3 aromatic rings. The van der Waals surface area contributed by atoms with Crippen molar-refractivity contribution in [1.29, 1.82) is 0 Å². The summed E-state index contributed by atoms with van der Waals surface area (Å²) in [5, 5.41) is 10.4. The zero-order valence-electron chi connectivity index (χ0n) is 23.0. The second-order valence-corrected chi connectivity index (χ2v) is 11.9. The minimum atomic E-state index is -0.247. The van der Waals surface area contributed by atoms with Crippen LogP contribution in [0.3, 0.4) is 0 Å². The molecule has 1 aliphatic carbocycles. The summed E-state index contributed by atoms with van der Waals surface area (Å²) in [7, 11) is 2.26. The van der Waals surface area contributed by atoms with E-state index in [4.69, 9.17) is 0 Å². The zero-order valence-corrected chi connectivity index (χ0v) is 23.0. The molecular weight excluding hydrogens is 492 g/mol. The quantitative estimate of drug-likeness (QED) is 0.449. The molecule has 1 unspecified atom stereocenters. The number of phenols is 1. The lowest BCUT2D eigenvalue weighted by Gasteiger charge is -2.56. The van der Waals surface area contributed by atoms with Gasteiger partial charge in [0.25, 0.3) is 0 Å². The highest BCUT2D eigenvalue weighted by Gasteiger charge is 2.50. The van der Waals surface area contributed by atoms with E-state index in [-0.39, 0.29) is 23.1 Å². The SMILES string of the molecule is C[C@H]1[C@H]2Cc3ccc(O)cc3C1(CCN1CCN(C(c3ccc(F)cc3)c3ccc(F)cc3)CC1)CCN2C. The molecule has 2 saturated heterocycles. The van der Waals surface area contributed by atoms with E-state index in [0.717, 1.165) is 69.7 Å². The largest absolute Gasteiger partial charge is 0.508 e. The summed E-state index contributed by atoms with van der Waals surface area (Å²) in [6.45, 7) is 8.24. The Morgan fingerprint density at radius 1 is 0.872 bits per heavy atom. The Balaban J connectivity index is 1.18. The fraction of sp³-hybridized carbons (Fsp3) is 0.455. The topological polar surface area (TPSA) is 30.0 Å². The Bertz CT molecular complexity index is 1240. The summed E-state index contributed by atoms with van der Waals surface area (Å²) in [6, 6.07) is 20.0. The van der Waals surface area contributed by atoms with Gasteiger partial charge in [0.15, 0.2) is 0 Å². The van der Waals surface area contributed by atoms with Gasteiger partial charge in [0.05, 0.1) is 6.04 Å². The first-order chi connectivity index (χ1) is 18.8. The molecule has 1 N–H and O–H groups in total. The number of phenolic OH excluding ortho intramolecular Hbond substituents is 1. The number of hydrogen-bond donors (Lipinski definition) is 1. The standard InChI is InChI=1S/C33H39F2N3O/c1-23-31-21-26-7-12-29(39)22-30(26)33(23,13-15-36(31)2)14-16-37-17-19-38(20-18-37)32(24-3-8-27(34)9-4-24)25-5-10-28(35)11-6-25/h3-12,22-23,31-32,39H,13-21H2,1-2H3/t23-,31+,33?/m0/s1. The van der Waals surface area contributed by atoms with Crippen LogP contribution in [0.2, 0.25) is 0 Å². The molecule has 2 aliphatic heterocycles. The summed E-state index contributed by atoms with van der Waals surface area (Å²) in [5.41, 5.74) is 4.91. The summed E-state index contributed by atoms with van der Waals surface area (Å²) < 4.78 is 27.4. The van der Waals surface area contributed by atoms with Crippen molar-refractivity contribution in [3.63, 3.8) is 0 Å². The minimum absolute atomic E-state index is 0.0326. The van der Waals surface area contributed by atoms with Crippen LogP contribution >= 0.6 is 0 Å². The molecule has 4 nitrogen and oxygen atoms in total. The second kappa shape index (κ2) is 10.6. The number of rotatable bonds is 6. The Morgan fingerprint density at radius 2 is 1.49 bits per heavy atom. The third kappa shape index (κ3) is 4.99. The maximum atomic E-state index is 13.7. The molecule has 3 aliphatic rings. The number of likely N-dealkylation sites (N-methyl/N-ethyl adjacent to an activating group) is 1. The molecule has 0 radical (unpaired) electrons. The molecule has 39 heavy (non-hydrogen) atoms. The van der Waals surface area contributed by atoms with E-state index in [1.807, 2.05) is 36.4 Å². The highest BCUT2D eigenvalue weighted by molar-refractivity contribution is 5.44. The first-order valence-electron chi connectivity index (χ1n) is 14.3. The molecule has 0 saturated carbocycles. The molecule has 2 heterocycles. The number of piperazine rings is 1. The predicted molar refractivity (Wildman–Crippen MR) is 151 cm³/mol. The third-order valence-electron chi connectivity index (χ3n) is 10.0. The minimum Gasteiger partial charge on any atom is -0.508 e. The van der Waals surface area contributed by atoms with Gasteiger partial charge < -0.3 is 14.9 Å². The molecule has 0 spiro atoms. The third-order valence-corrected chi connectivity index (χ3v) is 10.0. The lowest BCUT2D eigenvalue weighted by atomic mass is 9.56. The molecule has 3 aromatic carbocycles. The molecule has 2 bridgehead atoms. The van der Waals surface area contributed by atoms with Crippen LogP contribution in [0.15, 0.2) is 66.7 Å². The van der Waals surface area contributed by atoms with Gasteiger partial charge in [0.2, 0.25) is 0 Å². The van der Waals surface area contributed by atoms with Crippen molar-refractivity contribution < 1.29 is 13.9 Å². The highest BCUT2D eigenvalue weighted by atomic mass is 19.1. The molecular formula is C33H39F2N3O. The number of hydrogen-bond acceptors (Lipinski definition) is 4. The number of halogens is 2. The van der Waals surface area contributed by atoms with E-state index in [0.29, 0.717) is 17.7 Å². The summed E-state index contributed by atoms with van der Waals surface area (Å²) >= 11 is 0. The molecule has 3 atom stereocenters. The number of nitrogens with zero attached hydrogens (tertiary/aromatic N) is 3. The van der Waals surface area contributed by atoms with Gasteiger partial charge in [-0.05, 0) is 104 Å². The van der Waals surface area contributed by atoms with E-state index in [2.05, 4.69) is 34.7 Å². The average Bonchev–Trinajstić information content (AvgIpc) is 2.94. The molecule has 206 valence electrons. The number of piperidine rings is 1. The number of fused-ring (bicyclic) bond motifs is 4. The first-order valence-corrected chi connectivity index (χ1v) is 14.3. The van der Waals surface area contributed by atoms with Gasteiger partial charge in [0, 0.05) is 37.6 Å². The molecule has 6 heteroatoms. The van der Waals surface area contributed by atoms with Gasteiger partial charge in [-0.15, -0.1) is 0 Å². The Labute approximate surface area is 230 Å². The van der Waals surface area contributed by atoms with E-state index in [1.165, 1.54) is 35.4 Å². The Kier molecular flexibility index (Phi) is 7.21. The predicted octanol–water partition coefficient (Wildman–Crippen LogP) is 5.60. The van der Waals surface area contributed by atoms with E-state index >= 15 is 0 Å². The van der Waals surface area contributed by atoms with Crippen molar-refractivity contribution in [2.45, 2.75) is 43.7 Å². The molecule has 6 rings (SSSR count). The molecule has 0 amide bonds. The van der Waals surface area contributed by atoms with Crippen LogP contribution in [0, 0.1) is 17.6 Å². The van der Waals surface area contributed by atoms with Gasteiger partial charge >= 0.3 is 0 Å². The van der Waals surface area contributed by atoms with E-state index < -0.39 is 0 Å². The van der Waals surface area contributed by atoms with Crippen molar-refractivity contribution in [3.05, 3.63) is 101 Å². The highest BCUT2D eigenvalue weighted by Crippen LogP contribution is 2.51. The summed E-state index contributed by atoms with van der Waals surface area (Å²) in [5.74, 6) is 0.416. The van der Waals surface area contributed by atoms with Gasteiger partial charge in [0.1, 0.15) is 17.4 Å². The van der Waals surface area contributed by atoms with Crippen molar-refractivity contribution in [2.75, 3.05) is 46.3 Å². The van der Waals surface area contributed by atoms with E-state index in [1.54, 1.807) is 0 Å². The number of benzene rings is 3. The Hall–Kier alpha value is -2.80. The Morgan fingerprint density at radius 3 is 2.10 bits per heavy atom. The maximum Gasteiger partial charge on any atom is 0.123 e. The van der Waals surface area contributed by atoms with Crippen LogP contribution in [0.4, 0.5) is 8.78 Å². The zero-order chi connectivity index (χ0) is 27.1. The summed E-state index contributed by atoms with van der Waals surface area (Å²) in [4.78, 5) is 7.55. The lowest BCUT2D eigenvalue weighted by molar-refractivity contribution is 0.0246. The van der Waals surface area contributed by atoms with Crippen molar-refractivity contribution in [3.8, 4) is 5.75 Å². The van der Waals surface area contributed by atoms with Gasteiger partial charge in [-0.1, -0.05) is 37.3 Å².